The molecule has 2 N–H and O–H groups in total. The zero-order chi connectivity index (χ0) is 14.9. The summed E-state index contributed by atoms with van der Waals surface area (Å²) in [7, 11) is 0. The summed E-state index contributed by atoms with van der Waals surface area (Å²) in [6.07, 6.45) is 8.26. The first-order valence-electron chi connectivity index (χ1n) is 7.79. The first kappa shape index (κ1) is 13.6. The van der Waals surface area contributed by atoms with Gasteiger partial charge in [0.15, 0.2) is 5.82 Å². The largest absolute Gasteiger partial charge is 0.382 e. The maximum Gasteiger partial charge on any atom is 0.180 e. The molecular weight excluding hydrogens is 292 g/mol. The molecule has 3 aromatic heterocycles. The lowest BCUT2D eigenvalue weighted by atomic mass is 9.85. The van der Waals surface area contributed by atoms with E-state index in [9.17, 15) is 0 Å². The van der Waals surface area contributed by atoms with E-state index in [0.717, 1.165) is 15.9 Å². The highest BCUT2D eigenvalue weighted by Gasteiger charge is 2.21. The van der Waals surface area contributed by atoms with Crippen LogP contribution in [0, 0.1) is 0 Å². The molecule has 3 heterocycles. The van der Waals surface area contributed by atoms with E-state index in [1.165, 1.54) is 37.7 Å². The maximum atomic E-state index is 6.17. The van der Waals surface area contributed by atoms with Gasteiger partial charge in [0.2, 0.25) is 0 Å². The van der Waals surface area contributed by atoms with Crippen molar-refractivity contribution in [1.29, 1.82) is 0 Å². The van der Waals surface area contributed by atoms with Gasteiger partial charge in [-0.15, -0.1) is 11.3 Å². The van der Waals surface area contributed by atoms with Crippen LogP contribution in [0.3, 0.4) is 0 Å². The van der Waals surface area contributed by atoms with Gasteiger partial charge in [0.25, 0.3) is 0 Å². The molecule has 0 radical (unpaired) electrons. The zero-order valence-electron chi connectivity index (χ0n) is 12.3. The number of fused-ring (bicyclic) bond motifs is 1. The van der Waals surface area contributed by atoms with Gasteiger partial charge in [0.1, 0.15) is 11.5 Å². The standard InChI is InChI=1S/C17H18N4S/c18-16-15-14(12(10-22-15)11-6-2-1-3-7-11)20-17(21-16)13-8-4-5-9-19-13/h4-5,8-11H,1-3,6-7H2,(H2,18,20,21). The molecule has 1 saturated carbocycles. The molecule has 0 spiro atoms. The van der Waals surface area contributed by atoms with Crippen LogP contribution in [-0.4, -0.2) is 15.0 Å². The van der Waals surface area contributed by atoms with Crippen LogP contribution in [0.2, 0.25) is 0 Å². The van der Waals surface area contributed by atoms with Crippen molar-refractivity contribution in [2.45, 2.75) is 38.0 Å². The SMILES string of the molecule is Nc1nc(-c2ccccn2)nc2c(C3CCCCC3)csc12. The van der Waals surface area contributed by atoms with E-state index in [0.29, 0.717) is 17.6 Å². The summed E-state index contributed by atoms with van der Waals surface area (Å²) >= 11 is 1.67. The molecule has 1 fully saturated rings. The number of nitrogen functional groups attached to an aromatic ring is 1. The molecule has 0 aromatic carbocycles. The Kier molecular flexibility index (Phi) is 3.50. The molecular formula is C17H18N4S. The van der Waals surface area contributed by atoms with Gasteiger partial charge in [-0.05, 0) is 41.8 Å². The number of nitrogens with zero attached hydrogens (tertiary/aromatic N) is 3. The highest BCUT2D eigenvalue weighted by atomic mass is 32.1. The Balaban J connectivity index is 1.84. The van der Waals surface area contributed by atoms with E-state index >= 15 is 0 Å². The minimum absolute atomic E-state index is 0.567. The van der Waals surface area contributed by atoms with Gasteiger partial charge < -0.3 is 5.73 Å². The average Bonchev–Trinajstić information content (AvgIpc) is 3.01. The fourth-order valence-electron chi connectivity index (χ4n) is 3.27. The lowest BCUT2D eigenvalue weighted by Crippen LogP contribution is -2.05. The minimum Gasteiger partial charge on any atom is -0.382 e. The number of aromatic nitrogens is 3. The van der Waals surface area contributed by atoms with Crippen molar-refractivity contribution in [3.63, 3.8) is 0 Å². The molecule has 0 aliphatic heterocycles. The van der Waals surface area contributed by atoms with Gasteiger partial charge in [-0.3, -0.25) is 4.98 Å². The number of nitrogens with two attached hydrogens (primary N) is 1. The van der Waals surface area contributed by atoms with Crippen molar-refractivity contribution in [3.05, 3.63) is 35.3 Å². The van der Waals surface area contributed by atoms with E-state index in [-0.39, 0.29) is 0 Å². The molecule has 0 saturated heterocycles. The summed E-state index contributed by atoms with van der Waals surface area (Å²) in [5.41, 5.74) is 9.33. The summed E-state index contributed by atoms with van der Waals surface area (Å²) < 4.78 is 1.01. The monoisotopic (exact) mass is 310 g/mol. The van der Waals surface area contributed by atoms with Crippen molar-refractivity contribution in [2.24, 2.45) is 0 Å². The van der Waals surface area contributed by atoms with E-state index < -0.39 is 0 Å². The van der Waals surface area contributed by atoms with Gasteiger partial charge >= 0.3 is 0 Å². The van der Waals surface area contributed by atoms with Crippen LogP contribution >= 0.6 is 11.3 Å². The van der Waals surface area contributed by atoms with Crippen molar-refractivity contribution >= 4 is 27.4 Å². The Morgan fingerprint density at radius 3 is 2.73 bits per heavy atom. The Labute approximate surface area is 133 Å². The highest BCUT2D eigenvalue weighted by Crippen LogP contribution is 2.40. The van der Waals surface area contributed by atoms with Crippen LogP contribution in [0.4, 0.5) is 5.82 Å². The van der Waals surface area contributed by atoms with Crippen LogP contribution in [0.25, 0.3) is 21.7 Å². The quantitative estimate of drug-likeness (QED) is 0.762. The number of hydrogen-bond acceptors (Lipinski definition) is 5. The third-order valence-electron chi connectivity index (χ3n) is 4.41. The number of anilines is 1. The molecule has 1 aliphatic carbocycles. The van der Waals surface area contributed by atoms with E-state index in [1.54, 1.807) is 17.5 Å². The van der Waals surface area contributed by atoms with Crippen molar-refractivity contribution in [1.82, 2.24) is 15.0 Å². The Morgan fingerprint density at radius 2 is 1.95 bits per heavy atom. The molecule has 0 bridgehead atoms. The molecule has 112 valence electrons. The van der Waals surface area contributed by atoms with Gasteiger partial charge in [-0.2, -0.15) is 0 Å². The lowest BCUT2D eigenvalue weighted by Gasteiger charge is -2.20. The third-order valence-corrected chi connectivity index (χ3v) is 5.42. The third kappa shape index (κ3) is 2.35. The smallest absolute Gasteiger partial charge is 0.180 e. The fraction of sp³-hybridized carbons (Fsp3) is 0.353. The summed E-state index contributed by atoms with van der Waals surface area (Å²) in [6, 6.07) is 5.76. The number of rotatable bonds is 2. The van der Waals surface area contributed by atoms with E-state index in [2.05, 4.69) is 15.3 Å². The van der Waals surface area contributed by atoms with E-state index in [4.69, 9.17) is 10.7 Å². The second-order valence-corrected chi connectivity index (χ2v) is 6.73. The molecule has 0 amide bonds. The fourth-order valence-corrected chi connectivity index (χ4v) is 4.26. The molecule has 22 heavy (non-hydrogen) atoms. The van der Waals surface area contributed by atoms with Gasteiger partial charge in [-0.25, -0.2) is 9.97 Å². The van der Waals surface area contributed by atoms with Crippen LogP contribution < -0.4 is 5.73 Å². The summed E-state index contributed by atoms with van der Waals surface area (Å²) in [6.45, 7) is 0. The Morgan fingerprint density at radius 1 is 1.09 bits per heavy atom. The zero-order valence-corrected chi connectivity index (χ0v) is 13.1. The van der Waals surface area contributed by atoms with Crippen molar-refractivity contribution < 1.29 is 0 Å². The predicted octanol–water partition coefficient (Wildman–Crippen LogP) is 4.38. The first-order valence-corrected chi connectivity index (χ1v) is 8.67. The van der Waals surface area contributed by atoms with Crippen molar-refractivity contribution in [3.8, 4) is 11.5 Å². The van der Waals surface area contributed by atoms with Crippen LogP contribution in [-0.2, 0) is 0 Å². The average molecular weight is 310 g/mol. The first-order chi connectivity index (χ1) is 10.8. The van der Waals surface area contributed by atoms with E-state index in [1.807, 2.05) is 18.2 Å². The highest BCUT2D eigenvalue weighted by molar-refractivity contribution is 7.18. The Bertz CT molecular complexity index is 791. The minimum atomic E-state index is 0.567. The molecule has 5 heteroatoms. The molecule has 4 rings (SSSR count). The number of pyridine rings is 1. The summed E-state index contributed by atoms with van der Waals surface area (Å²) in [5, 5.41) is 2.23. The van der Waals surface area contributed by atoms with Gasteiger partial charge in [0.05, 0.1) is 10.2 Å². The second-order valence-electron chi connectivity index (χ2n) is 5.85. The predicted molar refractivity (Wildman–Crippen MR) is 90.9 cm³/mol. The van der Waals surface area contributed by atoms with Crippen LogP contribution in [0.15, 0.2) is 29.8 Å². The second kappa shape index (κ2) is 5.65. The van der Waals surface area contributed by atoms with Crippen LogP contribution in [0.5, 0.6) is 0 Å². The topological polar surface area (TPSA) is 64.7 Å². The Hall–Kier alpha value is -2.01. The lowest BCUT2D eigenvalue weighted by molar-refractivity contribution is 0.446. The molecule has 1 aliphatic rings. The van der Waals surface area contributed by atoms with Crippen LogP contribution in [0.1, 0.15) is 43.6 Å². The molecule has 0 unspecified atom stereocenters. The van der Waals surface area contributed by atoms with Gasteiger partial charge in [0, 0.05) is 6.20 Å². The molecule has 0 atom stereocenters. The van der Waals surface area contributed by atoms with Crippen molar-refractivity contribution in [2.75, 3.05) is 5.73 Å². The maximum absolute atomic E-state index is 6.17. The van der Waals surface area contributed by atoms with Gasteiger partial charge in [-0.1, -0.05) is 25.3 Å². The molecule has 4 nitrogen and oxygen atoms in total. The molecule has 3 aromatic rings. The number of hydrogen-bond donors (Lipinski definition) is 1. The summed E-state index contributed by atoms with van der Waals surface area (Å²) in [5.74, 6) is 1.81. The number of thiophene rings is 1. The summed E-state index contributed by atoms with van der Waals surface area (Å²) in [4.78, 5) is 13.6. The normalized spacial score (nSPS) is 16.2.